The predicted octanol–water partition coefficient (Wildman–Crippen LogP) is 2.62. The van der Waals surface area contributed by atoms with Crippen molar-refractivity contribution in [2.45, 2.75) is 38.6 Å². The monoisotopic (exact) mass is 258 g/mol. The highest BCUT2D eigenvalue weighted by Gasteiger charge is 2.54. The Morgan fingerprint density at radius 2 is 2.32 bits per heavy atom. The molecule has 3 nitrogen and oxygen atoms in total. The summed E-state index contributed by atoms with van der Waals surface area (Å²) in [5.41, 5.74) is 0.425. The Morgan fingerprint density at radius 1 is 1.47 bits per heavy atom. The maximum atomic E-state index is 12.9. The molecule has 3 fully saturated rings. The lowest BCUT2D eigenvalue weighted by atomic mass is 9.66. The lowest BCUT2D eigenvalue weighted by Gasteiger charge is -2.54. The van der Waals surface area contributed by atoms with E-state index in [1.807, 2.05) is 18.2 Å². The lowest BCUT2D eigenvalue weighted by molar-refractivity contribution is -0.153. The van der Waals surface area contributed by atoms with Crippen LogP contribution in [0, 0.1) is 11.8 Å². The van der Waals surface area contributed by atoms with Crippen LogP contribution in [0.25, 0.3) is 0 Å². The average molecular weight is 258 g/mol. The van der Waals surface area contributed by atoms with Crippen LogP contribution in [0.4, 0.5) is 0 Å². The Morgan fingerprint density at radius 3 is 2.95 bits per heavy atom. The SMILES string of the molecule is CCCC1CN2CCC1C(=O)C2(C)c1ccccn1. The van der Waals surface area contributed by atoms with Crippen molar-refractivity contribution >= 4 is 5.78 Å². The van der Waals surface area contributed by atoms with Crippen molar-refractivity contribution in [3.8, 4) is 0 Å². The Labute approximate surface area is 115 Å². The van der Waals surface area contributed by atoms with E-state index in [-0.39, 0.29) is 5.92 Å². The number of carbonyl (C=O) groups is 1. The molecule has 0 amide bonds. The molecule has 3 saturated heterocycles. The highest BCUT2D eigenvalue weighted by atomic mass is 16.1. The van der Waals surface area contributed by atoms with Gasteiger partial charge in [-0.2, -0.15) is 0 Å². The summed E-state index contributed by atoms with van der Waals surface area (Å²) in [6.45, 7) is 6.35. The quantitative estimate of drug-likeness (QED) is 0.835. The van der Waals surface area contributed by atoms with Crippen LogP contribution in [0.1, 0.15) is 38.8 Å². The molecule has 4 unspecified atom stereocenters. The summed E-state index contributed by atoms with van der Waals surface area (Å²) in [5.74, 6) is 1.20. The van der Waals surface area contributed by atoms with E-state index in [4.69, 9.17) is 0 Å². The molecule has 3 aliphatic heterocycles. The highest BCUT2D eigenvalue weighted by Crippen LogP contribution is 2.45. The first kappa shape index (κ1) is 12.8. The molecule has 3 aliphatic rings. The molecule has 4 heterocycles. The van der Waals surface area contributed by atoms with Crippen LogP contribution in [0.3, 0.4) is 0 Å². The molecule has 0 spiro atoms. The molecule has 0 radical (unpaired) electrons. The number of Topliss-reactive ketones (excluding diaryl/α,β-unsaturated/α-hetero) is 1. The number of pyridine rings is 1. The topological polar surface area (TPSA) is 33.2 Å². The highest BCUT2D eigenvalue weighted by molar-refractivity contribution is 5.92. The van der Waals surface area contributed by atoms with Gasteiger partial charge in [-0.1, -0.05) is 19.4 Å². The van der Waals surface area contributed by atoms with Crippen LogP contribution in [0.2, 0.25) is 0 Å². The standard InChI is InChI=1S/C16H22N2O/c1-3-6-12-11-18-10-8-13(12)15(19)16(18,2)14-7-4-5-9-17-14/h4-5,7,9,12-13H,3,6,8,10-11H2,1-2H3. The molecule has 1 aromatic heterocycles. The van der Waals surface area contributed by atoms with Crippen LogP contribution in [0.15, 0.2) is 24.4 Å². The van der Waals surface area contributed by atoms with Gasteiger partial charge >= 0.3 is 0 Å². The van der Waals surface area contributed by atoms with E-state index in [1.54, 1.807) is 6.20 Å². The second-order valence-corrected chi connectivity index (χ2v) is 6.04. The Kier molecular flexibility index (Phi) is 3.17. The maximum Gasteiger partial charge on any atom is 0.162 e. The molecule has 3 heteroatoms. The first-order valence-electron chi connectivity index (χ1n) is 7.38. The van der Waals surface area contributed by atoms with Crippen molar-refractivity contribution in [2.24, 2.45) is 11.8 Å². The number of aromatic nitrogens is 1. The normalized spacial score (nSPS) is 37.6. The Bertz CT molecular complexity index is 473. The van der Waals surface area contributed by atoms with E-state index in [0.29, 0.717) is 11.7 Å². The number of nitrogens with zero attached hydrogens (tertiary/aromatic N) is 2. The molecule has 0 aliphatic carbocycles. The third-order valence-electron chi connectivity index (χ3n) is 5.01. The van der Waals surface area contributed by atoms with Gasteiger partial charge in [0.05, 0.1) is 5.69 Å². The van der Waals surface area contributed by atoms with Gasteiger partial charge in [-0.05, 0) is 37.8 Å². The second kappa shape index (κ2) is 4.71. The first-order valence-corrected chi connectivity index (χ1v) is 7.38. The fourth-order valence-corrected chi connectivity index (χ4v) is 3.90. The van der Waals surface area contributed by atoms with E-state index in [0.717, 1.165) is 25.2 Å². The molecule has 0 saturated carbocycles. The fourth-order valence-electron chi connectivity index (χ4n) is 3.90. The average Bonchev–Trinajstić information content (AvgIpc) is 2.45. The summed E-state index contributed by atoms with van der Waals surface area (Å²) in [5, 5.41) is 0. The van der Waals surface area contributed by atoms with E-state index in [9.17, 15) is 4.79 Å². The number of hydrogen-bond acceptors (Lipinski definition) is 3. The molecule has 4 rings (SSSR count). The van der Waals surface area contributed by atoms with Crippen molar-refractivity contribution in [2.75, 3.05) is 13.1 Å². The van der Waals surface area contributed by atoms with Gasteiger partial charge in [0.15, 0.2) is 5.78 Å². The second-order valence-electron chi connectivity index (χ2n) is 6.04. The van der Waals surface area contributed by atoms with Crippen molar-refractivity contribution < 1.29 is 4.79 Å². The van der Waals surface area contributed by atoms with Crippen molar-refractivity contribution in [3.63, 3.8) is 0 Å². The summed E-state index contributed by atoms with van der Waals surface area (Å²) >= 11 is 0. The van der Waals surface area contributed by atoms with Crippen molar-refractivity contribution in [3.05, 3.63) is 30.1 Å². The first-order chi connectivity index (χ1) is 9.17. The minimum Gasteiger partial charge on any atom is -0.297 e. The van der Waals surface area contributed by atoms with Crippen LogP contribution in [0.5, 0.6) is 0 Å². The smallest absolute Gasteiger partial charge is 0.162 e. The summed E-state index contributed by atoms with van der Waals surface area (Å²) in [6.07, 6.45) is 5.17. The van der Waals surface area contributed by atoms with E-state index in [2.05, 4.69) is 23.7 Å². The summed E-state index contributed by atoms with van der Waals surface area (Å²) in [6, 6.07) is 5.88. The molecule has 1 aromatic rings. The number of rotatable bonds is 3. The van der Waals surface area contributed by atoms with Crippen LogP contribution in [-0.4, -0.2) is 28.8 Å². The number of carbonyl (C=O) groups excluding carboxylic acids is 1. The van der Waals surface area contributed by atoms with Crippen LogP contribution < -0.4 is 0 Å². The minimum absolute atomic E-state index is 0.247. The zero-order chi connectivity index (χ0) is 13.5. The third kappa shape index (κ3) is 1.83. The number of hydrogen-bond donors (Lipinski definition) is 0. The molecule has 0 N–H and O–H groups in total. The zero-order valence-electron chi connectivity index (χ0n) is 11.8. The largest absolute Gasteiger partial charge is 0.297 e. The molecule has 19 heavy (non-hydrogen) atoms. The fraction of sp³-hybridized carbons (Fsp3) is 0.625. The zero-order valence-corrected chi connectivity index (χ0v) is 11.8. The van der Waals surface area contributed by atoms with Crippen LogP contribution in [-0.2, 0) is 10.3 Å². The Balaban J connectivity index is 1.95. The van der Waals surface area contributed by atoms with Crippen molar-refractivity contribution in [1.29, 1.82) is 0 Å². The minimum atomic E-state index is -0.492. The van der Waals surface area contributed by atoms with E-state index >= 15 is 0 Å². The molecule has 102 valence electrons. The number of ketones is 1. The van der Waals surface area contributed by atoms with Gasteiger partial charge in [0.1, 0.15) is 5.54 Å². The third-order valence-corrected chi connectivity index (χ3v) is 5.01. The van der Waals surface area contributed by atoms with Crippen LogP contribution >= 0.6 is 0 Å². The van der Waals surface area contributed by atoms with Gasteiger partial charge in [0, 0.05) is 25.2 Å². The van der Waals surface area contributed by atoms with Crippen molar-refractivity contribution in [1.82, 2.24) is 9.88 Å². The Hall–Kier alpha value is -1.22. The van der Waals surface area contributed by atoms with Gasteiger partial charge in [0.25, 0.3) is 0 Å². The summed E-state index contributed by atoms with van der Waals surface area (Å²) < 4.78 is 0. The molecule has 0 aromatic carbocycles. The van der Waals surface area contributed by atoms with E-state index in [1.165, 1.54) is 12.8 Å². The molecule has 2 bridgehead atoms. The van der Waals surface area contributed by atoms with Gasteiger partial charge < -0.3 is 0 Å². The van der Waals surface area contributed by atoms with Gasteiger partial charge in [-0.3, -0.25) is 14.7 Å². The summed E-state index contributed by atoms with van der Waals surface area (Å²) in [4.78, 5) is 19.7. The number of fused-ring (bicyclic) bond motifs is 3. The molecular weight excluding hydrogens is 236 g/mol. The van der Waals surface area contributed by atoms with Gasteiger partial charge in [-0.15, -0.1) is 0 Å². The van der Waals surface area contributed by atoms with Gasteiger partial charge in [-0.25, -0.2) is 0 Å². The molecule has 4 atom stereocenters. The maximum absolute atomic E-state index is 12.9. The lowest BCUT2D eigenvalue weighted by Crippen LogP contribution is -2.64. The number of piperidine rings is 3. The van der Waals surface area contributed by atoms with E-state index < -0.39 is 5.54 Å². The van der Waals surface area contributed by atoms with Gasteiger partial charge in [0.2, 0.25) is 0 Å². The predicted molar refractivity (Wildman–Crippen MR) is 74.7 cm³/mol. The molecular formula is C16H22N2O. The summed E-state index contributed by atoms with van der Waals surface area (Å²) in [7, 11) is 0.